The third kappa shape index (κ3) is 4.59. The summed E-state index contributed by atoms with van der Waals surface area (Å²) in [6.45, 7) is 4.91. The Balaban J connectivity index is 1.48. The lowest BCUT2D eigenvalue weighted by Crippen LogP contribution is -2.53. The van der Waals surface area contributed by atoms with E-state index in [0.29, 0.717) is 11.3 Å². The van der Waals surface area contributed by atoms with E-state index in [1.807, 2.05) is 0 Å². The van der Waals surface area contributed by atoms with Crippen LogP contribution < -0.4 is 4.74 Å². The van der Waals surface area contributed by atoms with E-state index in [1.54, 1.807) is 24.3 Å². The Morgan fingerprint density at radius 2 is 1.72 bits per heavy atom. The third-order valence-electron chi connectivity index (χ3n) is 6.13. The molecule has 4 aromatic rings. The zero-order valence-electron chi connectivity index (χ0n) is 19.6. The van der Waals surface area contributed by atoms with Gasteiger partial charge in [0, 0.05) is 24.2 Å². The smallest absolute Gasteiger partial charge is 0.199 e. The maximum absolute atomic E-state index is 14.7. The summed E-state index contributed by atoms with van der Waals surface area (Å²) >= 11 is 0. The van der Waals surface area contributed by atoms with Gasteiger partial charge in [-0.2, -0.15) is 0 Å². The van der Waals surface area contributed by atoms with Crippen molar-refractivity contribution >= 4 is 5.78 Å². The van der Waals surface area contributed by atoms with Crippen LogP contribution in [0.4, 0.5) is 8.78 Å². The number of phenols is 1. The molecule has 0 saturated carbocycles. The zero-order chi connectivity index (χ0) is 25.2. The molecule has 5 rings (SSSR count). The average Bonchev–Trinajstić information content (AvgIpc) is 3.27. The highest BCUT2D eigenvalue weighted by Gasteiger charge is 2.30. The van der Waals surface area contributed by atoms with Crippen LogP contribution in [0.15, 0.2) is 71.3 Å². The van der Waals surface area contributed by atoms with Crippen LogP contribution in [0, 0.1) is 11.6 Å². The Morgan fingerprint density at radius 3 is 2.36 bits per heavy atom. The van der Waals surface area contributed by atoms with Gasteiger partial charge in [0.15, 0.2) is 11.5 Å². The minimum atomic E-state index is -0.865. The molecule has 8 heteroatoms. The number of nitrogens with zero attached hydrogens (tertiary/aromatic N) is 2. The number of hydrogen-bond donors (Lipinski definition) is 1. The second kappa shape index (κ2) is 9.91. The van der Waals surface area contributed by atoms with Gasteiger partial charge >= 0.3 is 0 Å². The van der Waals surface area contributed by atoms with E-state index in [1.165, 1.54) is 30.3 Å². The second-order valence-electron chi connectivity index (χ2n) is 8.73. The maximum atomic E-state index is 14.7. The number of carbonyl (C=O) groups excluding carboxylic acids is 1. The maximum Gasteiger partial charge on any atom is 0.199 e. The lowest BCUT2D eigenvalue weighted by Gasteiger charge is -2.38. The molecule has 3 aromatic carbocycles. The highest BCUT2D eigenvalue weighted by molar-refractivity contribution is 6.15. The first kappa shape index (κ1) is 23.7. The Bertz CT molecular complexity index is 1360. The highest BCUT2D eigenvalue weighted by atomic mass is 19.1. The molecule has 1 fully saturated rings. The first-order valence-corrected chi connectivity index (χ1v) is 11.7. The monoisotopic (exact) mass is 490 g/mol. The molecule has 0 bridgehead atoms. The fourth-order valence-corrected chi connectivity index (χ4v) is 4.32. The quantitative estimate of drug-likeness (QED) is 0.320. The first-order chi connectivity index (χ1) is 17.4. The van der Waals surface area contributed by atoms with Crippen LogP contribution in [0.5, 0.6) is 11.5 Å². The van der Waals surface area contributed by atoms with Gasteiger partial charge in [0.1, 0.15) is 34.9 Å². The number of likely N-dealkylation sites (tertiary alicyclic amines) is 1. The first-order valence-electron chi connectivity index (χ1n) is 11.7. The van der Waals surface area contributed by atoms with Gasteiger partial charge in [-0.3, -0.25) is 9.69 Å². The van der Waals surface area contributed by atoms with E-state index in [9.17, 15) is 18.7 Å². The Labute approximate surface area is 206 Å². The van der Waals surface area contributed by atoms with Gasteiger partial charge in [-0.25, -0.2) is 8.78 Å². The molecular weight excluding hydrogens is 466 g/mol. The molecule has 0 radical (unpaired) electrons. The van der Waals surface area contributed by atoms with Crippen molar-refractivity contribution in [2.45, 2.75) is 19.4 Å². The van der Waals surface area contributed by atoms with Gasteiger partial charge in [0.2, 0.25) is 0 Å². The fraction of sp³-hybridized carbons (Fsp3) is 0.214. The molecule has 0 amide bonds. The third-order valence-corrected chi connectivity index (χ3v) is 6.13. The SMILES string of the molecule is CCCN1CC(Oc2ccc(C(=O)c3c(-c4c(F)cccc4F)noc3-c3ccc(O)cc3)cc2)C1. The van der Waals surface area contributed by atoms with E-state index in [0.717, 1.165) is 38.2 Å². The number of phenolic OH excluding ortho intramolecular Hbond substituents is 1. The van der Waals surface area contributed by atoms with Crippen molar-refractivity contribution in [3.63, 3.8) is 0 Å². The van der Waals surface area contributed by atoms with Crippen LogP contribution in [-0.4, -0.2) is 46.7 Å². The van der Waals surface area contributed by atoms with Crippen LogP contribution in [0.25, 0.3) is 22.6 Å². The van der Waals surface area contributed by atoms with Crippen LogP contribution in [0.1, 0.15) is 29.3 Å². The molecule has 0 aliphatic carbocycles. The molecule has 1 saturated heterocycles. The molecule has 1 aliphatic rings. The minimum Gasteiger partial charge on any atom is -0.508 e. The van der Waals surface area contributed by atoms with Crippen LogP contribution in [-0.2, 0) is 0 Å². The molecule has 6 nitrogen and oxygen atoms in total. The van der Waals surface area contributed by atoms with Crippen molar-refractivity contribution in [1.29, 1.82) is 0 Å². The van der Waals surface area contributed by atoms with E-state index in [4.69, 9.17) is 9.26 Å². The number of halogens is 2. The van der Waals surface area contributed by atoms with Crippen molar-refractivity contribution in [3.05, 3.63) is 89.5 Å². The molecule has 36 heavy (non-hydrogen) atoms. The zero-order valence-corrected chi connectivity index (χ0v) is 19.6. The topological polar surface area (TPSA) is 75.8 Å². The van der Waals surface area contributed by atoms with E-state index in [2.05, 4.69) is 17.0 Å². The van der Waals surface area contributed by atoms with Crippen molar-refractivity contribution in [2.75, 3.05) is 19.6 Å². The molecule has 0 atom stereocenters. The molecule has 0 unspecified atom stereocenters. The van der Waals surface area contributed by atoms with Crippen LogP contribution >= 0.6 is 0 Å². The molecule has 184 valence electrons. The van der Waals surface area contributed by atoms with E-state index < -0.39 is 23.0 Å². The largest absolute Gasteiger partial charge is 0.508 e. The summed E-state index contributed by atoms with van der Waals surface area (Å²) in [5.41, 5.74) is -0.0498. The lowest BCUT2D eigenvalue weighted by molar-refractivity contribution is 0.0202. The fourth-order valence-electron chi connectivity index (χ4n) is 4.32. The van der Waals surface area contributed by atoms with Crippen molar-refractivity contribution in [2.24, 2.45) is 0 Å². The van der Waals surface area contributed by atoms with Crippen molar-refractivity contribution in [3.8, 4) is 34.1 Å². The van der Waals surface area contributed by atoms with Crippen LogP contribution in [0.2, 0.25) is 0 Å². The summed E-state index contributed by atoms with van der Waals surface area (Å²) in [7, 11) is 0. The van der Waals surface area contributed by atoms with E-state index in [-0.39, 0.29) is 34.4 Å². The Hall–Kier alpha value is -4.04. The number of carbonyl (C=O) groups is 1. The van der Waals surface area contributed by atoms with Gasteiger partial charge in [-0.05, 0) is 73.6 Å². The Morgan fingerprint density at radius 1 is 1.06 bits per heavy atom. The lowest BCUT2D eigenvalue weighted by atomic mass is 9.95. The number of ketones is 1. The standard InChI is InChI=1S/C28H24F2N2O4/c1-2-14-32-15-21(16-32)35-20-12-8-17(9-13-20)27(34)25-26(24-22(29)4-3-5-23(24)30)31-36-28(25)18-6-10-19(33)11-7-18/h3-13,21,33H,2,14-16H2,1H3. The van der Waals surface area contributed by atoms with Gasteiger partial charge in [-0.1, -0.05) is 18.1 Å². The normalized spacial score (nSPS) is 14.0. The summed E-state index contributed by atoms with van der Waals surface area (Å²) in [5.74, 6) is -1.54. The summed E-state index contributed by atoms with van der Waals surface area (Å²) < 4.78 is 40.7. The van der Waals surface area contributed by atoms with Crippen molar-refractivity contribution < 1.29 is 27.9 Å². The predicted molar refractivity (Wildman–Crippen MR) is 130 cm³/mol. The summed E-state index contributed by atoms with van der Waals surface area (Å²) in [6.07, 6.45) is 1.20. The van der Waals surface area contributed by atoms with E-state index >= 15 is 0 Å². The molecule has 1 aromatic heterocycles. The molecule has 2 heterocycles. The van der Waals surface area contributed by atoms with Gasteiger partial charge in [-0.15, -0.1) is 0 Å². The summed E-state index contributed by atoms with van der Waals surface area (Å²) in [6, 6.07) is 15.9. The Kier molecular flexibility index (Phi) is 6.52. The number of aromatic hydroxyl groups is 1. The van der Waals surface area contributed by atoms with Gasteiger partial charge in [0.25, 0.3) is 0 Å². The summed E-state index contributed by atoms with van der Waals surface area (Å²) in [4.78, 5) is 16.0. The molecule has 0 spiro atoms. The second-order valence-corrected chi connectivity index (χ2v) is 8.73. The summed E-state index contributed by atoms with van der Waals surface area (Å²) in [5, 5.41) is 13.5. The number of hydrogen-bond acceptors (Lipinski definition) is 6. The van der Waals surface area contributed by atoms with Gasteiger partial charge < -0.3 is 14.4 Å². The molecule has 1 N–H and O–H groups in total. The number of aromatic nitrogens is 1. The predicted octanol–water partition coefficient (Wildman–Crippen LogP) is 5.70. The number of ether oxygens (including phenoxy) is 1. The van der Waals surface area contributed by atoms with Crippen molar-refractivity contribution in [1.82, 2.24) is 10.1 Å². The molecule has 1 aliphatic heterocycles. The molecular formula is C28H24F2N2O4. The number of benzene rings is 3. The highest BCUT2D eigenvalue weighted by Crippen LogP contribution is 2.37. The number of rotatable bonds is 8. The van der Waals surface area contributed by atoms with Gasteiger partial charge in [0.05, 0.1) is 11.1 Å². The average molecular weight is 491 g/mol. The van der Waals surface area contributed by atoms with Crippen LogP contribution in [0.3, 0.4) is 0 Å². The minimum absolute atomic E-state index is 0.0198.